The Bertz CT molecular complexity index is 1220. The van der Waals surface area contributed by atoms with Crippen LogP contribution in [0.25, 0.3) is 10.9 Å². The molecule has 0 saturated heterocycles. The van der Waals surface area contributed by atoms with Crippen LogP contribution in [0.15, 0.2) is 49.2 Å². The average Bonchev–Trinajstić information content (AvgIpc) is 2.72. The van der Waals surface area contributed by atoms with Crippen molar-refractivity contribution in [3.8, 4) is 5.75 Å². The summed E-state index contributed by atoms with van der Waals surface area (Å²) in [5.74, 6) is 0.627. The molecule has 0 N–H and O–H groups in total. The van der Waals surface area contributed by atoms with Gasteiger partial charge in [0.15, 0.2) is 0 Å². The van der Waals surface area contributed by atoms with Crippen molar-refractivity contribution in [2.45, 2.75) is 26.2 Å². The third kappa shape index (κ3) is 4.29. The van der Waals surface area contributed by atoms with Crippen molar-refractivity contribution in [1.29, 1.82) is 0 Å². The minimum Gasteiger partial charge on any atom is -0.489 e. The summed E-state index contributed by atoms with van der Waals surface area (Å²) in [5.41, 5.74) is 0.511. The number of hydrogen-bond acceptors (Lipinski definition) is 6. The number of fused-ring (bicyclic) bond motifs is 1. The van der Waals surface area contributed by atoms with Crippen LogP contribution in [0.4, 0.5) is 5.69 Å². The molecule has 3 aromatic rings. The fraction of sp³-hybridized carbons (Fsp3) is 0.250. The lowest BCUT2D eigenvalue weighted by Gasteiger charge is -2.14. The van der Waals surface area contributed by atoms with Crippen LogP contribution in [0, 0.1) is 10.1 Å². The average molecular weight is 538 g/mol. The van der Waals surface area contributed by atoms with Crippen LogP contribution in [-0.2, 0) is 0 Å². The number of nitro groups is 1. The minimum atomic E-state index is -0.535. The Morgan fingerprint density at radius 2 is 2.07 bits per heavy atom. The fourth-order valence-corrected chi connectivity index (χ4v) is 3.91. The number of methoxy groups -OCH3 is 1. The smallest absolute Gasteiger partial charge is 0.312 e. The first-order valence-electron chi connectivity index (χ1n) is 9.05. The van der Waals surface area contributed by atoms with Gasteiger partial charge in [0.1, 0.15) is 5.82 Å². The van der Waals surface area contributed by atoms with Gasteiger partial charge < -0.3 is 4.74 Å². The second kappa shape index (κ2) is 9.05. The van der Waals surface area contributed by atoms with Crippen LogP contribution in [0.1, 0.15) is 37.6 Å². The molecule has 8 nitrogen and oxygen atoms in total. The molecule has 0 fully saturated rings. The first-order chi connectivity index (χ1) is 14.3. The summed E-state index contributed by atoms with van der Waals surface area (Å²) in [4.78, 5) is 28.6. The molecule has 30 heavy (non-hydrogen) atoms. The third-order valence-corrected chi connectivity index (χ3v) is 5.74. The molecule has 1 atom stereocenters. The molecule has 0 unspecified atom stereocenters. The Morgan fingerprint density at radius 1 is 1.33 bits per heavy atom. The van der Waals surface area contributed by atoms with E-state index in [0.717, 1.165) is 10.9 Å². The molecule has 0 radical (unpaired) electrons. The zero-order chi connectivity index (χ0) is 22.0. The summed E-state index contributed by atoms with van der Waals surface area (Å²) in [6.07, 6.45) is 2.17. The van der Waals surface area contributed by atoms with Gasteiger partial charge in [-0.1, -0.05) is 29.8 Å². The highest BCUT2D eigenvalue weighted by Gasteiger charge is 2.20. The zero-order valence-electron chi connectivity index (χ0n) is 16.4. The number of aromatic nitrogens is 2. The van der Waals surface area contributed by atoms with Crippen molar-refractivity contribution < 1.29 is 9.66 Å². The molecule has 0 aliphatic heterocycles. The molecule has 1 heterocycles. The molecule has 3 rings (SSSR count). The van der Waals surface area contributed by atoms with Crippen LogP contribution in [0.5, 0.6) is 5.75 Å². The first kappa shape index (κ1) is 22.1. The Labute approximate surface area is 189 Å². The second-order valence-electron chi connectivity index (χ2n) is 6.61. The molecule has 10 heteroatoms. The normalized spacial score (nSPS) is 12.4. The summed E-state index contributed by atoms with van der Waals surface area (Å²) >= 11 is 6.66. The fourth-order valence-electron chi connectivity index (χ4n) is 2.91. The lowest BCUT2D eigenvalue weighted by Crippen LogP contribution is -2.23. The summed E-state index contributed by atoms with van der Waals surface area (Å²) < 4.78 is 7.53. The molecular weight excluding hydrogens is 520 g/mol. The molecule has 0 amide bonds. The monoisotopic (exact) mass is 536 g/mol. The maximum atomic E-state index is 13.1. The van der Waals surface area contributed by atoms with Gasteiger partial charge in [-0.2, -0.15) is 9.78 Å². The van der Waals surface area contributed by atoms with Crippen molar-refractivity contribution in [3.05, 3.63) is 71.1 Å². The van der Waals surface area contributed by atoms with Crippen LogP contribution in [0.2, 0.25) is 0 Å². The van der Waals surface area contributed by atoms with Crippen LogP contribution < -0.4 is 10.3 Å². The molecule has 1 aromatic heterocycles. The van der Waals surface area contributed by atoms with E-state index in [0.29, 0.717) is 26.8 Å². The topological polar surface area (TPSA) is 99.6 Å². The van der Waals surface area contributed by atoms with E-state index >= 15 is 0 Å². The first-order valence-corrected chi connectivity index (χ1v) is 10.6. The highest BCUT2D eigenvalue weighted by molar-refractivity contribution is 9.10. The van der Waals surface area contributed by atoms with Crippen molar-refractivity contribution in [3.63, 3.8) is 0 Å². The van der Waals surface area contributed by atoms with Gasteiger partial charge in [-0.15, -0.1) is 0 Å². The van der Waals surface area contributed by atoms with Gasteiger partial charge in [0.2, 0.25) is 5.75 Å². The predicted octanol–water partition coefficient (Wildman–Crippen LogP) is 5.23. The molecule has 0 bridgehead atoms. The molecule has 0 aliphatic rings. The summed E-state index contributed by atoms with van der Waals surface area (Å²) in [5, 5.41) is 16.1. The maximum absolute atomic E-state index is 13.1. The van der Waals surface area contributed by atoms with Gasteiger partial charge in [-0.25, -0.2) is 4.98 Å². The van der Waals surface area contributed by atoms with Gasteiger partial charge in [0.05, 0.1) is 33.6 Å². The number of nitro benzene ring substituents is 1. The lowest BCUT2D eigenvalue weighted by atomic mass is 10.1. The minimum absolute atomic E-state index is 0.0140. The highest BCUT2D eigenvalue weighted by atomic mass is 79.9. The number of hydrogen-bond donors (Lipinski definition) is 0. The van der Waals surface area contributed by atoms with E-state index in [9.17, 15) is 14.9 Å². The number of rotatable bonds is 6. The van der Waals surface area contributed by atoms with Gasteiger partial charge in [0.25, 0.3) is 5.56 Å². The standard InChI is InChI=1S/C20H18Br2N4O4/c1-4-11(2)19-24-16-6-5-13(21)9-14(16)20(27)25(19)23-10-12-7-15(22)18(30-3)17(8-12)26(28)29/h5-11H,4H2,1-3H3/t11-/m1/s1. The summed E-state index contributed by atoms with van der Waals surface area (Å²) in [6.45, 7) is 3.97. The van der Waals surface area contributed by atoms with Crippen LogP contribution in [0.3, 0.4) is 0 Å². The Morgan fingerprint density at radius 3 is 2.70 bits per heavy atom. The molecule has 0 saturated carbocycles. The van der Waals surface area contributed by atoms with E-state index in [1.807, 2.05) is 19.9 Å². The SMILES string of the molecule is CC[C@@H](C)c1nc2ccc(Br)cc2c(=O)n1N=Cc1cc(Br)c(OC)c([N+](=O)[O-])c1. The number of halogens is 2. The van der Waals surface area contributed by atoms with E-state index in [2.05, 4.69) is 41.9 Å². The van der Waals surface area contributed by atoms with Gasteiger partial charge in [-0.3, -0.25) is 14.9 Å². The third-order valence-electron chi connectivity index (χ3n) is 4.66. The summed E-state index contributed by atoms with van der Waals surface area (Å²) in [6, 6.07) is 8.29. The molecule has 0 aliphatic carbocycles. The number of nitrogens with zero attached hydrogens (tertiary/aromatic N) is 4. The zero-order valence-corrected chi connectivity index (χ0v) is 19.6. The van der Waals surface area contributed by atoms with Gasteiger partial charge in [0, 0.05) is 22.0 Å². The van der Waals surface area contributed by atoms with E-state index in [-0.39, 0.29) is 22.9 Å². The molecule has 2 aromatic carbocycles. The maximum Gasteiger partial charge on any atom is 0.312 e. The number of benzene rings is 2. The Hall–Kier alpha value is -2.59. The molecule has 156 valence electrons. The van der Waals surface area contributed by atoms with E-state index < -0.39 is 4.92 Å². The largest absolute Gasteiger partial charge is 0.489 e. The van der Waals surface area contributed by atoms with Crippen molar-refractivity contribution in [2.75, 3.05) is 7.11 Å². The van der Waals surface area contributed by atoms with E-state index in [1.54, 1.807) is 18.2 Å². The van der Waals surface area contributed by atoms with Crippen molar-refractivity contribution >= 4 is 54.7 Å². The predicted molar refractivity (Wildman–Crippen MR) is 123 cm³/mol. The van der Waals surface area contributed by atoms with Gasteiger partial charge in [-0.05, 0) is 46.6 Å². The van der Waals surface area contributed by atoms with Crippen LogP contribution >= 0.6 is 31.9 Å². The lowest BCUT2D eigenvalue weighted by molar-refractivity contribution is -0.385. The summed E-state index contributed by atoms with van der Waals surface area (Å²) in [7, 11) is 1.36. The second-order valence-corrected chi connectivity index (χ2v) is 8.38. The Kier molecular flexibility index (Phi) is 6.67. The molecule has 0 spiro atoms. The quantitative estimate of drug-likeness (QED) is 0.243. The Balaban J connectivity index is 2.19. The van der Waals surface area contributed by atoms with E-state index in [1.165, 1.54) is 24.1 Å². The molecular formula is C20H18Br2N4O4. The highest BCUT2D eigenvalue weighted by Crippen LogP contribution is 2.35. The number of ether oxygens (including phenoxy) is 1. The van der Waals surface area contributed by atoms with Crippen molar-refractivity contribution in [1.82, 2.24) is 9.66 Å². The van der Waals surface area contributed by atoms with Gasteiger partial charge >= 0.3 is 5.69 Å². The van der Waals surface area contributed by atoms with Crippen LogP contribution in [-0.4, -0.2) is 27.9 Å². The van der Waals surface area contributed by atoms with E-state index in [4.69, 9.17) is 4.74 Å². The van der Waals surface area contributed by atoms with Crippen molar-refractivity contribution in [2.24, 2.45) is 5.10 Å².